The molecule has 1 saturated carbocycles. The smallest absolute Gasteiger partial charge is 0.341 e. The van der Waals surface area contributed by atoms with Gasteiger partial charge < -0.3 is 10.2 Å². The number of carbonyl (C=O) groups excluding carboxylic acids is 1. The molecule has 4 nitrogen and oxygen atoms in total. The lowest BCUT2D eigenvalue weighted by Crippen LogP contribution is -2.60. The zero-order valence-corrected chi connectivity index (χ0v) is 17.7. The number of likely N-dealkylation sites (tertiary alicyclic amines) is 1. The van der Waals surface area contributed by atoms with Crippen LogP contribution in [0.4, 0.5) is 13.2 Å². The minimum absolute atomic E-state index is 0.0145. The maximum absolute atomic E-state index is 13.0. The fourth-order valence-corrected chi connectivity index (χ4v) is 5.70. The molecule has 4 rings (SSSR count). The first-order valence-electron chi connectivity index (χ1n) is 11.2. The van der Waals surface area contributed by atoms with Crippen molar-refractivity contribution >= 4 is 5.91 Å². The van der Waals surface area contributed by atoms with Gasteiger partial charge in [0.25, 0.3) is 0 Å². The zero-order valence-electron chi connectivity index (χ0n) is 17.7. The molecule has 1 spiro atoms. The average Bonchev–Trinajstić information content (AvgIpc) is 3.40. The number of rotatable bonds is 4. The van der Waals surface area contributed by atoms with Crippen LogP contribution in [-0.2, 0) is 17.4 Å². The molecule has 0 aromatic heterocycles. The van der Waals surface area contributed by atoms with E-state index in [9.17, 15) is 18.0 Å². The molecule has 1 aromatic carbocycles. The molecule has 30 heavy (non-hydrogen) atoms. The number of benzene rings is 1. The van der Waals surface area contributed by atoms with Crippen molar-refractivity contribution in [2.75, 3.05) is 26.7 Å². The lowest BCUT2D eigenvalue weighted by molar-refractivity contribution is -0.137. The van der Waals surface area contributed by atoms with E-state index >= 15 is 0 Å². The van der Waals surface area contributed by atoms with Gasteiger partial charge in [0.05, 0.1) is 12.0 Å². The Morgan fingerprint density at radius 2 is 1.87 bits per heavy atom. The summed E-state index contributed by atoms with van der Waals surface area (Å²) in [5, 5.41) is 3.75. The van der Waals surface area contributed by atoms with E-state index < -0.39 is 11.7 Å². The van der Waals surface area contributed by atoms with Crippen molar-refractivity contribution in [3.8, 4) is 0 Å². The average molecular weight is 424 g/mol. The van der Waals surface area contributed by atoms with E-state index in [2.05, 4.69) is 10.2 Å². The van der Waals surface area contributed by atoms with E-state index in [0.29, 0.717) is 11.6 Å². The monoisotopic (exact) mass is 423 g/mol. The molecule has 2 saturated heterocycles. The summed E-state index contributed by atoms with van der Waals surface area (Å²) in [6, 6.07) is 5.49. The fraction of sp³-hybridized carbons (Fsp3) is 0.696. The van der Waals surface area contributed by atoms with E-state index in [1.807, 2.05) is 11.9 Å². The molecular weight excluding hydrogens is 391 g/mol. The van der Waals surface area contributed by atoms with Crippen molar-refractivity contribution in [1.82, 2.24) is 15.1 Å². The Morgan fingerprint density at radius 1 is 1.17 bits per heavy atom. The van der Waals surface area contributed by atoms with E-state index in [4.69, 9.17) is 0 Å². The Hall–Kier alpha value is -1.60. The first-order valence-corrected chi connectivity index (χ1v) is 11.2. The third kappa shape index (κ3) is 4.52. The van der Waals surface area contributed by atoms with Crippen LogP contribution in [0.2, 0.25) is 0 Å². The number of halogens is 3. The third-order valence-corrected chi connectivity index (χ3v) is 7.43. The quantitative estimate of drug-likeness (QED) is 0.799. The van der Waals surface area contributed by atoms with E-state index in [-0.39, 0.29) is 23.9 Å². The standard InChI is InChI=1S/C23H32F3N3O/c1-28(21(30)15-17-5-7-18(8-6-17)23(24,25)26)19-9-11-22(10-4-12-27-22)16-20(19)29-13-2-3-14-29/h5-8,19-20,27H,2-4,9-16H2,1H3/t19-,20-,22-/m1/s1. The molecule has 1 aromatic rings. The summed E-state index contributed by atoms with van der Waals surface area (Å²) in [6.45, 7) is 3.27. The van der Waals surface area contributed by atoms with Crippen molar-refractivity contribution < 1.29 is 18.0 Å². The predicted molar refractivity (Wildman–Crippen MR) is 110 cm³/mol. The Kier molecular flexibility index (Phi) is 6.13. The van der Waals surface area contributed by atoms with Crippen molar-refractivity contribution in [3.05, 3.63) is 35.4 Å². The number of hydrogen-bond donors (Lipinski definition) is 1. The topological polar surface area (TPSA) is 35.6 Å². The van der Waals surface area contributed by atoms with Crippen molar-refractivity contribution in [2.45, 2.75) is 75.2 Å². The van der Waals surface area contributed by atoms with Gasteiger partial charge in [-0.2, -0.15) is 13.2 Å². The summed E-state index contributed by atoms with van der Waals surface area (Å²) in [7, 11) is 1.88. The van der Waals surface area contributed by atoms with E-state index in [0.717, 1.165) is 51.0 Å². The first-order chi connectivity index (χ1) is 14.3. The van der Waals surface area contributed by atoms with Crippen LogP contribution in [0.1, 0.15) is 56.1 Å². The van der Waals surface area contributed by atoms with Gasteiger partial charge in [-0.25, -0.2) is 0 Å². The fourth-order valence-electron chi connectivity index (χ4n) is 5.70. The maximum atomic E-state index is 13.0. The number of carbonyl (C=O) groups is 1. The van der Waals surface area contributed by atoms with E-state index in [1.54, 1.807) is 0 Å². The van der Waals surface area contributed by atoms with Crippen LogP contribution in [0.5, 0.6) is 0 Å². The lowest BCUT2D eigenvalue weighted by Gasteiger charge is -2.49. The summed E-state index contributed by atoms with van der Waals surface area (Å²) in [6.07, 6.45) is 3.79. The summed E-state index contributed by atoms with van der Waals surface area (Å²) in [4.78, 5) is 17.5. The minimum atomic E-state index is -4.35. The summed E-state index contributed by atoms with van der Waals surface area (Å²) in [5.74, 6) is -0.0145. The van der Waals surface area contributed by atoms with Crippen LogP contribution in [0, 0.1) is 0 Å². The first kappa shape index (κ1) is 21.6. The molecule has 3 aliphatic rings. The molecule has 1 aliphatic carbocycles. The number of amides is 1. The Morgan fingerprint density at radius 3 is 2.47 bits per heavy atom. The molecule has 2 heterocycles. The number of nitrogens with zero attached hydrogens (tertiary/aromatic N) is 2. The highest BCUT2D eigenvalue weighted by atomic mass is 19.4. The molecule has 166 valence electrons. The second-order valence-electron chi connectivity index (χ2n) is 9.31. The Labute approximate surface area is 176 Å². The van der Waals surface area contributed by atoms with Gasteiger partial charge in [-0.15, -0.1) is 0 Å². The largest absolute Gasteiger partial charge is 0.416 e. The molecule has 3 fully saturated rings. The molecule has 3 atom stereocenters. The van der Waals surface area contributed by atoms with Crippen LogP contribution in [-0.4, -0.2) is 60.0 Å². The van der Waals surface area contributed by atoms with Crippen LogP contribution < -0.4 is 5.32 Å². The number of hydrogen-bond acceptors (Lipinski definition) is 3. The SMILES string of the molecule is CN(C(=O)Cc1ccc(C(F)(F)F)cc1)[C@@H]1CC[C@]2(CCCN2)C[C@H]1N1CCCC1. The van der Waals surface area contributed by atoms with Gasteiger partial charge in [0.15, 0.2) is 0 Å². The van der Waals surface area contributed by atoms with Crippen LogP contribution in [0.3, 0.4) is 0 Å². The highest BCUT2D eigenvalue weighted by Gasteiger charge is 2.46. The van der Waals surface area contributed by atoms with Gasteiger partial charge in [0.2, 0.25) is 5.91 Å². The molecule has 1 amide bonds. The molecule has 0 bridgehead atoms. The molecule has 0 unspecified atom stereocenters. The Bertz CT molecular complexity index is 737. The van der Waals surface area contributed by atoms with Gasteiger partial charge in [-0.05, 0) is 82.3 Å². The van der Waals surface area contributed by atoms with Crippen molar-refractivity contribution in [1.29, 1.82) is 0 Å². The van der Waals surface area contributed by atoms with Crippen LogP contribution >= 0.6 is 0 Å². The molecule has 1 N–H and O–H groups in total. The normalized spacial score (nSPS) is 30.1. The van der Waals surface area contributed by atoms with Gasteiger partial charge in [-0.1, -0.05) is 12.1 Å². The summed E-state index contributed by atoms with van der Waals surface area (Å²) < 4.78 is 38.4. The number of likely N-dealkylation sites (N-methyl/N-ethyl adjacent to an activating group) is 1. The zero-order chi connectivity index (χ0) is 21.4. The molecule has 0 radical (unpaired) electrons. The molecular formula is C23H32F3N3O. The minimum Gasteiger partial charge on any atom is -0.341 e. The molecule has 2 aliphatic heterocycles. The van der Waals surface area contributed by atoms with Gasteiger partial charge in [-0.3, -0.25) is 9.69 Å². The highest BCUT2D eigenvalue weighted by Crippen LogP contribution is 2.40. The van der Waals surface area contributed by atoms with Gasteiger partial charge in [0.1, 0.15) is 0 Å². The predicted octanol–water partition coefficient (Wildman–Crippen LogP) is 3.85. The lowest BCUT2D eigenvalue weighted by atomic mass is 9.74. The van der Waals surface area contributed by atoms with Crippen LogP contribution in [0.15, 0.2) is 24.3 Å². The number of nitrogens with one attached hydrogen (secondary N) is 1. The number of alkyl halides is 3. The maximum Gasteiger partial charge on any atom is 0.416 e. The third-order valence-electron chi connectivity index (χ3n) is 7.43. The van der Waals surface area contributed by atoms with Gasteiger partial charge in [0, 0.05) is 24.7 Å². The van der Waals surface area contributed by atoms with Gasteiger partial charge >= 0.3 is 6.18 Å². The Balaban J connectivity index is 1.45. The second kappa shape index (κ2) is 8.50. The summed E-state index contributed by atoms with van der Waals surface area (Å²) >= 11 is 0. The van der Waals surface area contributed by atoms with Crippen molar-refractivity contribution in [2.24, 2.45) is 0 Å². The van der Waals surface area contributed by atoms with Crippen LogP contribution in [0.25, 0.3) is 0 Å². The van der Waals surface area contributed by atoms with E-state index in [1.165, 1.54) is 37.8 Å². The summed E-state index contributed by atoms with van der Waals surface area (Å²) in [5.41, 5.74) is 0.172. The molecule has 7 heteroatoms. The van der Waals surface area contributed by atoms with Crippen molar-refractivity contribution in [3.63, 3.8) is 0 Å². The second-order valence-corrected chi connectivity index (χ2v) is 9.31. The highest BCUT2D eigenvalue weighted by molar-refractivity contribution is 5.79.